The first-order valence-electron chi connectivity index (χ1n) is 5.88. The zero-order valence-electron chi connectivity index (χ0n) is 10.8. The van der Waals surface area contributed by atoms with E-state index in [0.29, 0.717) is 6.07 Å². The summed E-state index contributed by atoms with van der Waals surface area (Å²) >= 11 is 2.94. The van der Waals surface area contributed by atoms with E-state index in [1.54, 1.807) is 6.92 Å². The van der Waals surface area contributed by atoms with Gasteiger partial charge in [0, 0.05) is 12.5 Å². The Hall–Kier alpha value is -1.50. The van der Waals surface area contributed by atoms with Gasteiger partial charge in [-0.05, 0) is 28.9 Å². The van der Waals surface area contributed by atoms with Gasteiger partial charge in [-0.2, -0.15) is 0 Å². The standard InChI is InChI=1S/C13H13BrF2O4/c1-2-19-12(18)4-3-9(17)7-20-13-10(14)5-8(15)6-11(13)16/h5-6H,2-4,7H2,1H3. The lowest BCUT2D eigenvalue weighted by molar-refractivity contribution is -0.144. The van der Waals surface area contributed by atoms with Crippen LogP contribution in [0.2, 0.25) is 0 Å². The average molecular weight is 351 g/mol. The predicted molar refractivity (Wildman–Crippen MR) is 70.4 cm³/mol. The minimum absolute atomic E-state index is 0.0525. The van der Waals surface area contributed by atoms with Gasteiger partial charge in [-0.25, -0.2) is 8.78 Å². The van der Waals surface area contributed by atoms with Crippen LogP contribution in [0.15, 0.2) is 16.6 Å². The number of carbonyl (C=O) groups is 2. The third-order valence-corrected chi connectivity index (χ3v) is 2.84. The highest BCUT2D eigenvalue weighted by Gasteiger charge is 2.14. The number of rotatable bonds is 7. The fourth-order valence-corrected chi connectivity index (χ4v) is 1.89. The Labute approximate surface area is 123 Å². The van der Waals surface area contributed by atoms with Gasteiger partial charge in [0.1, 0.15) is 12.4 Å². The number of hydrogen-bond acceptors (Lipinski definition) is 4. The lowest BCUT2D eigenvalue weighted by Gasteiger charge is -2.08. The van der Waals surface area contributed by atoms with Crippen LogP contribution in [0.1, 0.15) is 19.8 Å². The fourth-order valence-electron chi connectivity index (χ4n) is 1.37. The molecular weight excluding hydrogens is 338 g/mol. The van der Waals surface area contributed by atoms with Gasteiger partial charge < -0.3 is 9.47 Å². The van der Waals surface area contributed by atoms with E-state index < -0.39 is 24.2 Å². The summed E-state index contributed by atoms with van der Waals surface area (Å²) in [5.74, 6) is -2.76. The minimum atomic E-state index is -0.907. The van der Waals surface area contributed by atoms with Crippen LogP contribution in [0.3, 0.4) is 0 Å². The van der Waals surface area contributed by atoms with Crippen LogP contribution in [0.5, 0.6) is 5.75 Å². The predicted octanol–water partition coefficient (Wildman–Crippen LogP) is 3.02. The first-order valence-corrected chi connectivity index (χ1v) is 6.68. The van der Waals surface area contributed by atoms with Crippen LogP contribution in [0.25, 0.3) is 0 Å². The molecule has 0 spiro atoms. The third kappa shape index (κ3) is 5.24. The van der Waals surface area contributed by atoms with Crippen molar-refractivity contribution < 1.29 is 27.8 Å². The smallest absolute Gasteiger partial charge is 0.306 e. The molecule has 0 aliphatic heterocycles. The Morgan fingerprint density at radius 1 is 1.25 bits per heavy atom. The summed E-state index contributed by atoms with van der Waals surface area (Å²) in [6.45, 7) is 1.51. The zero-order chi connectivity index (χ0) is 15.1. The molecule has 0 N–H and O–H groups in total. The maximum absolute atomic E-state index is 13.4. The summed E-state index contributed by atoms with van der Waals surface area (Å²) in [5, 5.41) is 0. The molecule has 1 aromatic rings. The number of Topliss-reactive ketones (excluding diaryl/α,β-unsaturated/α-hetero) is 1. The maximum atomic E-state index is 13.4. The van der Waals surface area contributed by atoms with Crippen LogP contribution in [-0.2, 0) is 14.3 Å². The first-order chi connectivity index (χ1) is 9.43. The second-order valence-electron chi connectivity index (χ2n) is 3.83. The number of halogens is 3. The van der Waals surface area contributed by atoms with Gasteiger partial charge in [0.15, 0.2) is 17.3 Å². The van der Waals surface area contributed by atoms with Gasteiger partial charge in [-0.1, -0.05) is 0 Å². The Morgan fingerprint density at radius 3 is 2.55 bits per heavy atom. The van der Waals surface area contributed by atoms with E-state index in [0.717, 1.165) is 6.07 Å². The second kappa shape index (κ2) is 7.94. The largest absolute Gasteiger partial charge is 0.482 e. The van der Waals surface area contributed by atoms with Gasteiger partial charge in [0.2, 0.25) is 0 Å². The van der Waals surface area contributed by atoms with Gasteiger partial charge in [0.25, 0.3) is 0 Å². The lowest BCUT2D eigenvalue weighted by atomic mass is 10.2. The molecule has 0 aliphatic carbocycles. The number of ketones is 1. The summed E-state index contributed by atoms with van der Waals surface area (Å²) in [5.41, 5.74) is 0. The lowest BCUT2D eigenvalue weighted by Crippen LogP contribution is -2.14. The zero-order valence-corrected chi connectivity index (χ0v) is 12.3. The number of esters is 1. The van der Waals surface area contributed by atoms with Crippen LogP contribution < -0.4 is 4.74 Å². The fraction of sp³-hybridized carbons (Fsp3) is 0.385. The van der Waals surface area contributed by atoms with Crippen molar-refractivity contribution in [3.8, 4) is 5.75 Å². The molecule has 20 heavy (non-hydrogen) atoms. The molecule has 1 aromatic carbocycles. The van der Waals surface area contributed by atoms with E-state index in [-0.39, 0.29) is 35.5 Å². The summed E-state index contributed by atoms with van der Waals surface area (Å²) in [6.07, 6.45) is -0.109. The molecule has 0 bridgehead atoms. The number of hydrogen-bond donors (Lipinski definition) is 0. The molecule has 0 fully saturated rings. The Balaban J connectivity index is 2.47. The number of carbonyl (C=O) groups excluding carboxylic acids is 2. The van der Waals surface area contributed by atoms with Gasteiger partial charge in [0.05, 0.1) is 17.5 Å². The van der Waals surface area contributed by atoms with Crippen molar-refractivity contribution in [2.24, 2.45) is 0 Å². The van der Waals surface area contributed by atoms with Crippen molar-refractivity contribution in [3.05, 3.63) is 28.2 Å². The Morgan fingerprint density at radius 2 is 1.95 bits per heavy atom. The molecule has 1 rings (SSSR count). The average Bonchev–Trinajstić information content (AvgIpc) is 2.35. The first kappa shape index (κ1) is 16.6. The highest BCUT2D eigenvalue weighted by Crippen LogP contribution is 2.29. The molecule has 0 heterocycles. The molecule has 4 nitrogen and oxygen atoms in total. The molecular formula is C13H13BrF2O4. The highest BCUT2D eigenvalue weighted by molar-refractivity contribution is 9.10. The third-order valence-electron chi connectivity index (χ3n) is 2.25. The summed E-state index contributed by atoms with van der Waals surface area (Å²) in [7, 11) is 0. The molecule has 0 saturated heterocycles. The van der Waals surface area contributed by atoms with Crippen molar-refractivity contribution in [2.75, 3.05) is 13.2 Å². The molecule has 0 atom stereocenters. The van der Waals surface area contributed by atoms with E-state index >= 15 is 0 Å². The molecule has 7 heteroatoms. The molecule has 0 amide bonds. The number of ether oxygens (including phenoxy) is 2. The van der Waals surface area contributed by atoms with E-state index in [1.807, 2.05) is 0 Å². The molecule has 0 radical (unpaired) electrons. The highest BCUT2D eigenvalue weighted by atomic mass is 79.9. The summed E-state index contributed by atoms with van der Waals surface area (Å²) in [4.78, 5) is 22.5. The van der Waals surface area contributed by atoms with E-state index in [1.165, 1.54) is 0 Å². The molecule has 110 valence electrons. The molecule has 0 saturated carbocycles. The quantitative estimate of drug-likeness (QED) is 0.709. The van der Waals surface area contributed by atoms with Crippen molar-refractivity contribution in [2.45, 2.75) is 19.8 Å². The van der Waals surface area contributed by atoms with Crippen molar-refractivity contribution in [1.29, 1.82) is 0 Å². The van der Waals surface area contributed by atoms with Crippen LogP contribution in [0, 0.1) is 11.6 Å². The maximum Gasteiger partial charge on any atom is 0.306 e. The topological polar surface area (TPSA) is 52.6 Å². The van der Waals surface area contributed by atoms with Gasteiger partial charge in [-0.3, -0.25) is 9.59 Å². The molecule has 0 aromatic heterocycles. The van der Waals surface area contributed by atoms with E-state index in [9.17, 15) is 18.4 Å². The van der Waals surface area contributed by atoms with Crippen LogP contribution in [-0.4, -0.2) is 25.0 Å². The summed E-state index contributed by atoms with van der Waals surface area (Å²) < 4.78 is 36.0. The SMILES string of the molecule is CCOC(=O)CCC(=O)COc1c(F)cc(F)cc1Br. The normalized spacial score (nSPS) is 10.2. The van der Waals surface area contributed by atoms with E-state index in [4.69, 9.17) is 4.74 Å². The summed E-state index contributed by atoms with van der Waals surface area (Å²) in [6, 6.07) is 1.69. The molecule has 0 aliphatic rings. The van der Waals surface area contributed by atoms with Gasteiger partial charge >= 0.3 is 5.97 Å². The Bertz CT molecular complexity index is 482. The second-order valence-corrected chi connectivity index (χ2v) is 4.69. The van der Waals surface area contributed by atoms with Crippen LogP contribution in [0.4, 0.5) is 8.78 Å². The van der Waals surface area contributed by atoms with E-state index in [2.05, 4.69) is 20.7 Å². The van der Waals surface area contributed by atoms with Gasteiger partial charge in [-0.15, -0.1) is 0 Å². The molecule has 0 unspecified atom stereocenters. The van der Waals surface area contributed by atoms with Crippen molar-refractivity contribution in [3.63, 3.8) is 0 Å². The minimum Gasteiger partial charge on any atom is -0.482 e. The Kier molecular flexibility index (Phi) is 6.57. The monoisotopic (exact) mass is 350 g/mol. The van der Waals surface area contributed by atoms with Crippen LogP contribution >= 0.6 is 15.9 Å². The number of benzene rings is 1. The van der Waals surface area contributed by atoms with Crippen molar-refractivity contribution in [1.82, 2.24) is 0 Å². The van der Waals surface area contributed by atoms with Crippen molar-refractivity contribution >= 4 is 27.7 Å².